The Morgan fingerprint density at radius 3 is 1.77 bits per heavy atom. The third-order valence-corrected chi connectivity index (χ3v) is 12.6. The van der Waals surface area contributed by atoms with Gasteiger partial charge < -0.3 is 14.6 Å². The molecule has 4 nitrogen and oxygen atoms in total. The van der Waals surface area contributed by atoms with Gasteiger partial charge in [-0.2, -0.15) is 0 Å². The van der Waals surface area contributed by atoms with Crippen molar-refractivity contribution in [3.05, 3.63) is 96.6 Å². The predicted octanol–water partition coefficient (Wildman–Crippen LogP) is 3.81. The lowest BCUT2D eigenvalue weighted by molar-refractivity contribution is 0.0760. The largest absolute Gasteiger partial charge is 0.406 e. The standard InChI is InChI=1S/C30H39NO3Si/c1-30(2,3)35(27-15-9-5-10-16-27,28-17-11-6-12-18-28)34-23-29-25(21-32)19-26(22-33)31(29)20-24-13-7-4-8-14-24/h4-18,25-26,29,32-33H,19-23H2,1-3H3/t25-,26+,29-/m1/s1. The fourth-order valence-electron chi connectivity index (χ4n) is 5.80. The van der Waals surface area contributed by atoms with E-state index in [4.69, 9.17) is 4.43 Å². The highest BCUT2D eigenvalue weighted by atomic mass is 28.4. The van der Waals surface area contributed by atoms with Gasteiger partial charge in [0, 0.05) is 31.2 Å². The summed E-state index contributed by atoms with van der Waals surface area (Å²) in [6.45, 7) is 8.29. The molecular weight excluding hydrogens is 450 g/mol. The van der Waals surface area contributed by atoms with Crippen LogP contribution in [0.2, 0.25) is 5.04 Å². The summed E-state index contributed by atoms with van der Waals surface area (Å²) >= 11 is 0. The maximum Gasteiger partial charge on any atom is 0.261 e. The van der Waals surface area contributed by atoms with E-state index in [1.165, 1.54) is 15.9 Å². The molecule has 1 heterocycles. The fraction of sp³-hybridized carbons (Fsp3) is 0.400. The van der Waals surface area contributed by atoms with E-state index in [1.807, 2.05) is 6.07 Å². The summed E-state index contributed by atoms with van der Waals surface area (Å²) in [6.07, 6.45) is 0.772. The number of nitrogens with zero attached hydrogens (tertiary/aromatic N) is 1. The van der Waals surface area contributed by atoms with Gasteiger partial charge in [0.05, 0.1) is 13.2 Å². The third kappa shape index (κ3) is 5.30. The van der Waals surface area contributed by atoms with Crippen molar-refractivity contribution in [1.29, 1.82) is 0 Å². The molecule has 0 radical (unpaired) electrons. The Morgan fingerprint density at radius 2 is 1.31 bits per heavy atom. The molecule has 2 N–H and O–H groups in total. The number of aliphatic hydroxyl groups excluding tert-OH is 2. The first-order valence-corrected chi connectivity index (χ1v) is 14.6. The average molecular weight is 490 g/mol. The first kappa shape index (κ1) is 25.8. The molecule has 4 rings (SSSR count). The summed E-state index contributed by atoms with van der Waals surface area (Å²) in [4.78, 5) is 2.36. The summed E-state index contributed by atoms with van der Waals surface area (Å²) in [5.74, 6) is 0.0640. The molecule has 0 spiro atoms. The molecule has 1 aliphatic heterocycles. The SMILES string of the molecule is CC(C)(C)[Si](OC[C@@H]1[C@@H](CO)C[C@@H](CO)N1Cc1ccccc1)(c1ccccc1)c1ccccc1. The molecule has 0 unspecified atom stereocenters. The topological polar surface area (TPSA) is 52.9 Å². The Bertz CT molecular complexity index is 1000. The van der Waals surface area contributed by atoms with Crippen LogP contribution < -0.4 is 10.4 Å². The molecule has 1 saturated heterocycles. The maximum atomic E-state index is 10.3. The minimum absolute atomic E-state index is 0.0140. The summed E-state index contributed by atoms with van der Waals surface area (Å²) in [5, 5.41) is 22.9. The minimum Gasteiger partial charge on any atom is -0.406 e. The zero-order valence-corrected chi connectivity index (χ0v) is 22.2. The van der Waals surface area contributed by atoms with Crippen LogP contribution in [-0.4, -0.2) is 55.3 Å². The quantitative estimate of drug-likeness (QED) is 0.449. The van der Waals surface area contributed by atoms with E-state index in [-0.39, 0.29) is 36.3 Å². The van der Waals surface area contributed by atoms with Crippen LogP contribution in [0.3, 0.4) is 0 Å². The minimum atomic E-state index is -2.68. The lowest BCUT2D eigenvalue weighted by Gasteiger charge is -2.44. The second-order valence-electron chi connectivity index (χ2n) is 10.7. The van der Waals surface area contributed by atoms with Crippen molar-refractivity contribution in [3.8, 4) is 0 Å². The van der Waals surface area contributed by atoms with Gasteiger partial charge in [0.25, 0.3) is 8.32 Å². The molecule has 0 aromatic heterocycles. The van der Waals surface area contributed by atoms with Gasteiger partial charge in [-0.05, 0) is 27.4 Å². The van der Waals surface area contributed by atoms with E-state index in [1.54, 1.807) is 0 Å². The molecule has 3 atom stereocenters. The molecule has 3 aromatic carbocycles. The predicted molar refractivity (Wildman–Crippen MR) is 145 cm³/mol. The number of aliphatic hydroxyl groups is 2. The molecular formula is C30H39NO3Si. The van der Waals surface area contributed by atoms with Gasteiger partial charge >= 0.3 is 0 Å². The van der Waals surface area contributed by atoms with Crippen LogP contribution in [0.5, 0.6) is 0 Å². The highest BCUT2D eigenvalue weighted by Crippen LogP contribution is 2.38. The molecule has 5 heteroatoms. The normalized spacial score (nSPS) is 21.3. The van der Waals surface area contributed by atoms with Crippen LogP contribution in [0.1, 0.15) is 32.8 Å². The van der Waals surface area contributed by atoms with Crippen LogP contribution >= 0.6 is 0 Å². The van der Waals surface area contributed by atoms with Crippen LogP contribution in [0, 0.1) is 5.92 Å². The third-order valence-electron chi connectivity index (χ3n) is 7.55. The van der Waals surface area contributed by atoms with Crippen LogP contribution in [-0.2, 0) is 11.0 Å². The molecule has 0 bridgehead atoms. The van der Waals surface area contributed by atoms with E-state index >= 15 is 0 Å². The lowest BCUT2D eigenvalue weighted by atomic mass is 10.0. The summed E-state index contributed by atoms with van der Waals surface area (Å²) < 4.78 is 7.25. The Morgan fingerprint density at radius 1 is 0.800 bits per heavy atom. The Labute approximate surface area is 211 Å². The summed E-state index contributed by atoms with van der Waals surface area (Å²) in [7, 11) is -2.68. The van der Waals surface area contributed by atoms with Gasteiger partial charge in [-0.3, -0.25) is 4.90 Å². The Kier molecular flexibility index (Phi) is 8.25. The molecule has 35 heavy (non-hydrogen) atoms. The fourth-order valence-corrected chi connectivity index (χ4v) is 10.4. The van der Waals surface area contributed by atoms with Crippen molar-refractivity contribution in [1.82, 2.24) is 4.90 Å². The molecule has 3 aromatic rings. The Balaban J connectivity index is 1.72. The maximum absolute atomic E-state index is 10.3. The summed E-state index contributed by atoms with van der Waals surface area (Å²) in [5.41, 5.74) is 1.21. The van der Waals surface area contributed by atoms with Crippen molar-refractivity contribution < 1.29 is 14.6 Å². The van der Waals surface area contributed by atoms with Crippen LogP contribution in [0.25, 0.3) is 0 Å². The van der Waals surface area contributed by atoms with Crippen molar-refractivity contribution in [2.24, 2.45) is 5.92 Å². The number of benzene rings is 3. The molecule has 186 valence electrons. The molecule has 0 amide bonds. The van der Waals surface area contributed by atoms with E-state index < -0.39 is 8.32 Å². The first-order valence-electron chi connectivity index (χ1n) is 12.7. The lowest BCUT2D eigenvalue weighted by Crippen LogP contribution is -2.67. The highest BCUT2D eigenvalue weighted by Gasteiger charge is 2.51. The van der Waals surface area contributed by atoms with Gasteiger partial charge in [0.2, 0.25) is 0 Å². The number of hydrogen-bond donors (Lipinski definition) is 2. The molecule has 1 fully saturated rings. The van der Waals surface area contributed by atoms with E-state index in [9.17, 15) is 10.2 Å². The highest BCUT2D eigenvalue weighted by molar-refractivity contribution is 6.99. The van der Waals surface area contributed by atoms with Crippen molar-refractivity contribution in [2.45, 2.75) is 50.9 Å². The average Bonchev–Trinajstić information content (AvgIpc) is 3.22. The van der Waals surface area contributed by atoms with E-state index in [2.05, 4.69) is 111 Å². The zero-order valence-electron chi connectivity index (χ0n) is 21.2. The van der Waals surface area contributed by atoms with E-state index in [0.29, 0.717) is 6.61 Å². The molecule has 1 aliphatic rings. The van der Waals surface area contributed by atoms with Gasteiger partial charge in [-0.25, -0.2) is 0 Å². The van der Waals surface area contributed by atoms with Gasteiger partial charge in [-0.1, -0.05) is 112 Å². The van der Waals surface area contributed by atoms with Crippen molar-refractivity contribution in [3.63, 3.8) is 0 Å². The monoisotopic (exact) mass is 489 g/mol. The summed E-state index contributed by atoms with van der Waals surface area (Å²) in [6, 6.07) is 31.8. The van der Waals surface area contributed by atoms with E-state index in [0.717, 1.165) is 13.0 Å². The molecule has 0 aliphatic carbocycles. The van der Waals surface area contributed by atoms with Crippen LogP contribution in [0.15, 0.2) is 91.0 Å². The van der Waals surface area contributed by atoms with Gasteiger partial charge in [0.1, 0.15) is 0 Å². The molecule has 0 saturated carbocycles. The van der Waals surface area contributed by atoms with Gasteiger partial charge in [0.15, 0.2) is 0 Å². The Hall–Kier alpha value is -2.28. The zero-order chi connectivity index (χ0) is 24.9. The first-order chi connectivity index (χ1) is 16.9. The number of likely N-dealkylation sites (tertiary alicyclic amines) is 1. The smallest absolute Gasteiger partial charge is 0.261 e. The van der Waals surface area contributed by atoms with Gasteiger partial charge in [-0.15, -0.1) is 0 Å². The number of hydrogen-bond acceptors (Lipinski definition) is 4. The number of rotatable bonds is 9. The second kappa shape index (κ2) is 11.2. The van der Waals surface area contributed by atoms with Crippen LogP contribution in [0.4, 0.5) is 0 Å². The second-order valence-corrected chi connectivity index (χ2v) is 15.0. The van der Waals surface area contributed by atoms with Crippen molar-refractivity contribution in [2.75, 3.05) is 19.8 Å². The van der Waals surface area contributed by atoms with Crippen molar-refractivity contribution >= 4 is 18.7 Å².